The van der Waals surface area contributed by atoms with Crippen LogP contribution in [0.3, 0.4) is 0 Å². The molecule has 0 aliphatic carbocycles. The van der Waals surface area contributed by atoms with E-state index in [0.29, 0.717) is 23.3 Å². The molecule has 3 heterocycles. The minimum absolute atomic E-state index is 0.492. The van der Waals surface area contributed by atoms with Gasteiger partial charge in [-0.25, -0.2) is 4.63 Å². The van der Waals surface area contributed by atoms with Crippen molar-refractivity contribution in [2.24, 2.45) is 0 Å². The molecule has 1 aromatic carbocycles. The molecular weight excluding hydrogens is 242 g/mol. The molecule has 2 atom stereocenters. The molecule has 2 unspecified atom stereocenters. The van der Waals surface area contributed by atoms with E-state index in [1.54, 1.807) is 0 Å². The third-order valence-corrected chi connectivity index (χ3v) is 4.39. The fourth-order valence-electron chi connectivity index (χ4n) is 3.45. The average molecular weight is 259 g/mol. The molecule has 3 N–H and O–H groups in total. The molecule has 2 saturated heterocycles. The van der Waals surface area contributed by atoms with Crippen molar-refractivity contribution in [3.05, 3.63) is 12.1 Å². The minimum Gasteiger partial charge on any atom is -0.397 e. The smallest absolute Gasteiger partial charge is 0.160 e. The van der Waals surface area contributed by atoms with Gasteiger partial charge in [-0.05, 0) is 48.3 Å². The lowest BCUT2D eigenvalue weighted by molar-refractivity contribution is 0.315. The van der Waals surface area contributed by atoms with Gasteiger partial charge in [0.1, 0.15) is 0 Å². The highest BCUT2D eigenvalue weighted by Gasteiger charge is 2.37. The summed E-state index contributed by atoms with van der Waals surface area (Å²) in [6, 6.07) is 4.98. The molecular formula is C13H17N5O. The van der Waals surface area contributed by atoms with Crippen LogP contribution in [0, 0.1) is 0 Å². The van der Waals surface area contributed by atoms with E-state index >= 15 is 0 Å². The fraction of sp³-hybridized carbons (Fsp3) is 0.538. The van der Waals surface area contributed by atoms with Crippen molar-refractivity contribution >= 4 is 22.4 Å². The zero-order valence-electron chi connectivity index (χ0n) is 10.7. The van der Waals surface area contributed by atoms with Crippen molar-refractivity contribution in [1.29, 1.82) is 0 Å². The van der Waals surface area contributed by atoms with Crippen molar-refractivity contribution < 1.29 is 4.63 Å². The molecule has 0 amide bonds. The summed E-state index contributed by atoms with van der Waals surface area (Å²) in [5.74, 6) is 0. The second kappa shape index (κ2) is 4.09. The van der Waals surface area contributed by atoms with Crippen LogP contribution in [-0.4, -0.2) is 40.4 Å². The number of hydrogen-bond donors (Lipinski definition) is 2. The van der Waals surface area contributed by atoms with Crippen LogP contribution >= 0.6 is 0 Å². The lowest BCUT2D eigenvalue weighted by atomic mass is 10.1. The summed E-state index contributed by atoms with van der Waals surface area (Å²) in [7, 11) is 0. The van der Waals surface area contributed by atoms with Crippen LogP contribution in [-0.2, 0) is 0 Å². The molecule has 4 rings (SSSR count). The number of benzene rings is 1. The number of nitrogen functional groups attached to an aromatic ring is 1. The number of anilines is 2. The SMILES string of the molecule is Nc1ccc(NC2CCN3CCCC23)c2nonc12. The van der Waals surface area contributed by atoms with E-state index in [0.717, 1.165) is 11.2 Å². The van der Waals surface area contributed by atoms with Crippen molar-refractivity contribution in [2.45, 2.75) is 31.3 Å². The molecule has 1 aromatic heterocycles. The van der Waals surface area contributed by atoms with Gasteiger partial charge in [-0.2, -0.15) is 0 Å². The third-order valence-electron chi connectivity index (χ3n) is 4.39. The van der Waals surface area contributed by atoms with E-state index in [1.807, 2.05) is 12.1 Å². The molecule has 2 aliphatic rings. The molecule has 100 valence electrons. The van der Waals surface area contributed by atoms with E-state index in [9.17, 15) is 0 Å². The van der Waals surface area contributed by atoms with E-state index in [2.05, 4.69) is 20.5 Å². The standard InChI is InChI=1S/C13H17N5O/c14-8-3-4-10(13-12(8)16-19-17-13)15-9-5-7-18-6-1-2-11(9)18/h3-4,9,11,15H,1-2,5-7,14H2. The number of nitrogens with two attached hydrogens (primary N) is 1. The van der Waals surface area contributed by atoms with Gasteiger partial charge in [0.05, 0.1) is 11.4 Å². The molecule has 0 bridgehead atoms. The Morgan fingerprint density at radius 1 is 1.21 bits per heavy atom. The maximum absolute atomic E-state index is 5.86. The number of hydrogen-bond acceptors (Lipinski definition) is 6. The van der Waals surface area contributed by atoms with Crippen molar-refractivity contribution in [2.75, 3.05) is 24.1 Å². The lowest BCUT2D eigenvalue weighted by Gasteiger charge is -2.22. The number of fused-ring (bicyclic) bond motifs is 2. The normalized spacial score (nSPS) is 26.9. The maximum Gasteiger partial charge on any atom is 0.160 e. The van der Waals surface area contributed by atoms with Crippen LogP contribution < -0.4 is 11.1 Å². The second-order valence-electron chi connectivity index (χ2n) is 5.45. The average Bonchev–Trinajstić information content (AvgIpc) is 3.10. The summed E-state index contributed by atoms with van der Waals surface area (Å²) in [4.78, 5) is 2.58. The lowest BCUT2D eigenvalue weighted by Crippen LogP contribution is -2.33. The molecule has 0 spiro atoms. The monoisotopic (exact) mass is 259 g/mol. The summed E-state index contributed by atoms with van der Waals surface area (Å²) in [5, 5.41) is 11.4. The van der Waals surface area contributed by atoms with Crippen LogP contribution in [0.15, 0.2) is 16.8 Å². The van der Waals surface area contributed by atoms with E-state index in [-0.39, 0.29) is 0 Å². The number of nitrogens with one attached hydrogen (secondary N) is 1. The van der Waals surface area contributed by atoms with Gasteiger partial charge in [0, 0.05) is 18.6 Å². The third kappa shape index (κ3) is 1.67. The molecule has 2 fully saturated rings. The number of nitrogens with zero attached hydrogens (tertiary/aromatic N) is 3. The molecule has 6 heteroatoms. The van der Waals surface area contributed by atoms with E-state index in [1.165, 1.54) is 32.4 Å². The topological polar surface area (TPSA) is 80.2 Å². The van der Waals surface area contributed by atoms with E-state index < -0.39 is 0 Å². The summed E-state index contributed by atoms with van der Waals surface area (Å²) >= 11 is 0. The predicted octanol–water partition coefficient (Wildman–Crippen LogP) is 1.45. The molecule has 2 aromatic rings. The summed E-state index contributed by atoms with van der Waals surface area (Å²) in [6.45, 7) is 2.43. The van der Waals surface area contributed by atoms with Gasteiger partial charge in [0.25, 0.3) is 0 Å². The van der Waals surface area contributed by atoms with Crippen LogP contribution in [0.4, 0.5) is 11.4 Å². The fourth-order valence-corrected chi connectivity index (χ4v) is 3.45. The number of rotatable bonds is 2. The predicted molar refractivity (Wildman–Crippen MR) is 72.8 cm³/mol. The largest absolute Gasteiger partial charge is 0.397 e. The van der Waals surface area contributed by atoms with Gasteiger partial charge in [-0.1, -0.05) is 0 Å². The van der Waals surface area contributed by atoms with Crippen molar-refractivity contribution in [1.82, 2.24) is 15.2 Å². The zero-order chi connectivity index (χ0) is 12.8. The first-order valence-corrected chi connectivity index (χ1v) is 6.84. The Bertz CT molecular complexity index is 610. The first-order valence-electron chi connectivity index (χ1n) is 6.84. The minimum atomic E-state index is 0.492. The molecule has 2 aliphatic heterocycles. The Kier molecular flexibility index (Phi) is 2.38. The van der Waals surface area contributed by atoms with Gasteiger partial charge in [-0.3, -0.25) is 4.90 Å². The summed E-state index contributed by atoms with van der Waals surface area (Å²) in [5.41, 5.74) is 8.83. The summed E-state index contributed by atoms with van der Waals surface area (Å²) in [6.07, 6.45) is 3.78. The van der Waals surface area contributed by atoms with Crippen LogP contribution in [0.5, 0.6) is 0 Å². The molecule has 19 heavy (non-hydrogen) atoms. The van der Waals surface area contributed by atoms with Gasteiger partial charge in [0.2, 0.25) is 0 Å². The Hall–Kier alpha value is -1.82. The number of aromatic nitrogens is 2. The maximum atomic E-state index is 5.86. The molecule has 6 nitrogen and oxygen atoms in total. The first-order chi connectivity index (χ1) is 9.33. The summed E-state index contributed by atoms with van der Waals surface area (Å²) < 4.78 is 4.81. The highest BCUT2D eigenvalue weighted by molar-refractivity contribution is 5.95. The van der Waals surface area contributed by atoms with Gasteiger partial charge in [0.15, 0.2) is 11.0 Å². The zero-order valence-corrected chi connectivity index (χ0v) is 10.7. The van der Waals surface area contributed by atoms with Gasteiger partial charge in [-0.15, -0.1) is 0 Å². The highest BCUT2D eigenvalue weighted by atomic mass is 16.6. The van der Waals surface area contributed by atoms with Crippen LogP contribution in [0.1, 0.15) is 19.3 Å². The second-order valence-corrected chi connectivity index (χ2v) is 5.45. The van der Waals surface area contributed by atoms with Gasteiger partial charge >= 0.3 is 0 Å². The molecule has 0 saturated carbocycles. The van der Waals surface area contributed by atoms with Gasteiger partial charge < -0.3 is 11.1 Å². The highest BCUT2D eigenvalue weighted by Crippen LogP contribution is 2.32. The Labute approximate surface area is 110 Å². The van der Waals surface area contributed by atoms with E-state index in [4.69, 9.17) is 10.4 Å². The van der Waals surface area contributed by atoms with Crippen LogP contribution in [0.2, 0.25) is 0 Å². The Morgan fingerprint density at radius 2 is 2.11 bits per heavy atom. The van der Waals surface area contributed by atoms with Crippen molar-refractivity contribution in [3.63, 3.8) is 0 Å². The van der Waals surface area contributed by atoms with Crippen molar-refractivity contribution in [3.8, 4) is 0 Å². The Balaban J connectivity index is 1.65. The Morgan fingerprint density at radius 3 is 3.05 bits per heavy atom. The van der Waals surface area contributed by atoms with Crippen LogP contribution in [0.25, 0.3) is 11.0 Å². The quantitative estimate of drug-likeness (QED) is 0.795. The first kappa shape index (κ1) is 11.0. The molecule has 0 radical (unpaired) electrons.